The molecule has 0 aliphatic rings. The van der Waals surface area contributed by atoms with Crippen LogP contribution in [0.25, 0.3) is 11.5 Å². The summed E-state index contributed by atoms with van der Waals surface area (Å²) in [7, 11) is 0. The smallest absolute Gasteiger partial charge is 0.178 e. The van der Waals surface area contributed by atoms with E-state index in [1.54, 1.807) is 18.5 Å². The third-order valence-electron chi connectivity index (χ3n) is 1.41. The molecule has 0 saturated heterocycles. The predicted molar refractivity (Wildman–Crippen MR) is 44.1 cm³/mol. The Kier molecular flexibility index (Phi) is 1.78. The quantitative estimate of drug-likeness (QED) is 0.625. The summed E-state index contributed by atoms with van der Waals surface area (Å²) in [5, 5.41) is 0. The molecular weight excluding hydrogens is 150 g/mol. The third-order valence-corrected chi connectivity index (χ3v) is 1.41. The van der Waals surface area contributed by atoms with Crippen molar-refractivity contribution in [2.75, 3.05) is 0 Å². The topological polar surface area (TPSA) is 38.7 Å². The molecule has 0 aliphatic carbocycles. The SMILES string of the molecule is [c]1ccnc(-c2ccccn2)n1. The molecule has 2 aromatic heterocycles. The van der Waals surface area contributed by atoms with Crippen LogP contribution in [0.1, 0.15) is 0 Å². The van der Waals surface area contributed by atoms with Crippen molar-refractivity contribution in [1.82, 2.24) is 15.0 Å². The Morgan fingerprint density at radius 3 is 2.75 bits per heavy atom. The van der Waals surface area contributed by atoms with E-state index in [0.717, 1.165) is 5.69 Å². The first kappa shape index (κ1) is 6.91. The second-order valence-corrected chi connectivity index (χ2v) is 2.22. The van der Waals surface area contributed by atoms with Gasteiger partial charge in [0, 0.05) is 12.4 Å². The van der Waals surface area contributed by atoms with Crippen molar-refractivity contribution in [3.05, 3.63) is 42.9 Å². The molecule has 0 amide bonds. The highest BCUT2D eigenvalue weighted by Crippen LogP contribution is 2.07. The molecule has 0 N–H and O–H groups in total. The van der Waals surface area contributed by atoms with Crippen molar-refractivity contribution in [3.8, 4) is 11.5 Å². The molecule has 3 nitrogen and oxygen atoms in total. The molecule has 0 fully saturated rings. The van der Waals surface area contributed by atoms with Crippen molar-refractivity contribution in [2.45, 2.75) is 0 Å². The van der Waals surface area contributed by atoms with Gasteiger partial charge in [-0.2, -0.15) is 0 Å². The Morgan fingerprint density at radius 2 is 2.08 bits per heavy atom. The van der Waals surface area contributed by atoms with E-state index in [1.165, 1.54) is 0 Å². The highest BCUT2D eigenvalue weighted by atomic mass is 14.9. The molecule has 0 atom stereocenters. The van der Waals surface area contributed by atoms with Gasteiger partial charge in [0.1, 0.15) is 5.69 Å². The van der Waals surface area contributed by atoms with Crippen LogP contribution in [0, 0.1) is 6.20 Å². The Balaban J connectivity index is 2.46. The zero-order valence-electron chi connectivity index (χ0n) is 6.31. The van der Waals surface area contributed by atoms with Crippen molar-refractivity contribution < 1.29 is 0 Å². The molecule has 0 aromatic carbocycles. The monoisotopic (exact) mass is 156 g/mol. The summed E-state index contributed by atoms with van der Waals surface area (Å²) in [5.41, 5.74) is 0.773. The van der Waals surface area contributed by atoms with E-state index < -0.39 is 0 Å². The normalized spacial score (nSPS) is 9.67. The lowest BCUT2D eigenvalue weighted by Gasteiger charge is -1.94. The van der Waals surface area contributed by atoms with E-state index >= 15 is 0 Å². The van der Waals surface area contributed by atoms with Crippen molar-refractivity contribution >= 4 is 0 Å². The van der Waals surface area contributed by atoms with Crippen LogP contribution in [0.4, 0.5) is 0 Å². The van der Waals surface area contributed by atoms with Gasteiger partial charge in [-0.25, -0.2) is 9.97 Å². The van der Waals surface area contributed by atoms with Gasteiger partial charge in [0.25, 0.3) is 0 Å². The highest BCUT2D eigenvalue weighted by Gasteiger charge is 1.97. The van der Waals surface area contributed by atoms with Crippen molar-refractivity contribution in [2.24, 2.45) is 0 Å². The van der Waals surface area contributed by atoms with Crippen LogP contribution < -0.4 is 0 Å². The first-order chi connectivity index (χ1) is 5.97. The maximum Gasteiger partial charge on any atom is 0.178 e. The summed E-state index contributed by atoms with van der Waals surface area (Å²) in [4.78, 5) is 12.1. The fourth-order valence-corrected chi connectivity index (χ4v) is 0.887. The van der Waals surface area contributed by atoms with Gasteiger partial charge >= 0.3 is 0 Å². The van der Waals surface area contributed by atoms with Gasteiger partial charge in [-0.05, 0) is 18.2 Å². The second kappa shape index (κ2) is 3.09. The summed E-state index contributed by atoms with van der Waals surface area (Å²) in [6.45, 7) is 0. The maximum absolute atomic E-state index is 4.10. The molecule has 2 rings (SSSR count). The molecule has 0 unspecified atom stereocenters. The van der Waals surface area contributed by atoms with Crippen LogP contribution in [0.3, 0.4) is 0 Å². The lowest BCUT2D eigenvalue weighted by atomic mass is 10.3. The van der Waals surface area contributed by atoms with Crippen LogP contribution in [0.5, 0.6) is 0 Å². The van der Waals surface area contributed by atoms with E-state index in [2.05, 4.69) is 21.1 Å². The number of nitrogens with zero attached hydrogens (tertiary/aromatic N) is 3. The summed E-state index contributed by atoms with van der Waals surface area (Å²) in [6, 6.07) is 7.28. The van der Waals surface area contributed by atoms with Crippen LogP contribution in [0.2, 0.25) is 0 Å². The Morgan fingerprint density at radius 1 is 1.08 bits per heavy atom. The minimum absolute atomic E-state index is 0.609. The molecule has 12 heavy (non-hydrogen) atoms. The molecule has 2 aromatic rings. The van der Waals surface area contributed by atoms with Crippen molar-refractivity contribution in [1.29, 1.82) is 0 Å². The molecular formula is C9H6N3. The first-order valence-corrected chi connectivity index (χ1v) is 3.57. The summed E-state index contributed by atoms with van der Waals surface area (Å²) < 4.78 is 0. The average Bonchev–Trinajstić information content (AvgIpc) is 2.21. The lowest BCUT2D eigenvalue weighted by Crippen LogP contribution is -1.88. The van der Waals surface area contributed by atoms with E-state index in [1.807, 2.05) is 18.2 Å². The van der Waals surface area contributed by atoms with Gasteiger partial charge in [0.2, 0.25) is 0 Å². The van der Waals surface area contributed by atoms with Crippen LogP contribution in [0.15, 0.2) is 36.7 Å². The number of hydrogen-bond acceptors (Lipinski definition) is 3. The molecule has 1 radical (unpaired) electrons. The summed E-state index contributed by atoms with van der Waals surface area (Å²) in [6.07, 6.45) is 6.07. The van der Waals surface area contributed by atoms with E-state index in [9.17, 15) is 0 Å². The number of rotatable bonds is 1. The van der Waals surface area contributed by atoms with Crippen LogP contribution >= 0.6 is 0 Å². The second-order valence-electron chi connectivity index (χ2n) is 2.22. The largest absolute Gasteiger partial charge is 0.253 e. The number of aromatic nitrogens is 3. The third kappa shape index (κ3) is 1.29. The van der Waals surface area contributed by atoms with E-state index in [0.29, 0.717) is 5.82 Å². The molecule has 0 spiro atoms. The van der Waals surface area contributed by atoms with Gasteiger partial charge in [-0.1, -0.05) is 6.07 Å². The van der Waals surface area contributed by atoms with Gasteiger partial charge in [0.05, 0.1) is 6.20 Å². The standard InChI is InChI=1S/C9H6N3/c1-2-5-10-8(4-1)9-11-6-3-7-12-9/h1-6H. The van der Waals surface area contributed by atoms with Crippen LogP contribution in [-0.2, 0) is 0 Å². The minimum Gasteiger partial charge on any atom is -0.253 e. The Bertz CT molecular complexity index is 307. The first-order valence-electron chi connectivity index (χ1n) is 3.57. The molecule has 0 bridgehead atoms. The van der Waals surface area contributed by atoms with Crippen molar-refractivity contribution in [3.63, 3.8) is 0 Å². The van der Waals surface area contributed by atoms with Gasteiger partial charge < -0.3 is 0 Å². The Labute approximate surface area is 70.1 Å². The zero-order chi connectivity index (χ0) is 8.23. The highest BCUT2D eigenvalue weighted by molar-refractivity contribution is 5.47. The maximum atomic E-state index is 4.10. The molecule has 2 heterocycles. The number of pyridine rings is 1. The van der Waals surface area contributed by atoms with Gasteiger partial charge in [-0.15, -0.1) is 0 Å². The fourth-order valence-electron chi connectivity index (χ4n) is 0.887. The fraction of sp³-hybridized carbons (Fsp3) is 0. The zero-order valence-corrected chi connectivity index (χ0v) is 6.31. The van der Waals surface area contributed by atoms with E-state index in [4.69, 9.17) is 0 Å². The van der Waals surface area contributed by atoms with Gasteiger partial charge in [-0.3, -0.25) is 4.98 Å². The summed E-state index contributed by atoms with van der Waals surface area (Å²) >= 11 is 0. The van der Waals surface area contributed by atoms with E-state index in [-0.39, 0.29) is 0 Å². The lowest BCUT2D eigenvalue weighted by molar-refractivity contribution is 1.13. The average molecular weight is 156 g/mol. The number of hydrogen-bond donors (Lipinski definition) is 0. The molecule has 0 saturated carbocycles. The predicted octanol–water partition coefficient (Wildman–Crippen LogP) is 1.34. The minimum atomic E-state index is 0.609. The van der Waals surface area contributed by atoms with Crippen LogP contribution in [-0.4, -0.2) is 15.0 Å². The molecule has 0 aliphatic heterocycles. The summed E-state index contributed by atoms with van der Waals surface area (Å²) in [5.74, 6) is 0.609. The van der Waals surface area contributed by atoms with Gasteiger partial charge in [0.15, 0.2) is 5.82 Å². The molecule has 3 heteroatoms. The Hall–Kier alpha value is -1.77. The molecule has 57 valence electrons.